The van der Waals surface area contributed by atoms with E-state index < -0.39 is 5.41 Å². The molecule has 0 amide bonds. The van der Waals surface area contributed by atoms with Gasteiger partial charge in [0.05, 0.1) is 16.8 Å². The predicted molar refractivity (Wildman–Crippen MR) is 220 cm³/mol. The van der Waals surface area contributed by atoms with Gasteiger partial charge in [0.15, 0.2) is 5.82 Å². The van der Waals surface area contributed by atoms with Crippen LogP contribution in [0.4, 0.5) is 0 Å². The Kier molecular flexibility index (Phi) is 8.88. The number of allylic oxidation sites excluding steroid dienone is 10. The Hall–Kier alpha value is -6.03. The molecule has 0 atom stereocenters. The summed E-state index contributed by atoms with van der Waals surface area (Å²) in [6.45, 7) is 12.9. The number of rotatable bonds is 8. The molecule has 0 saturated heterocycles. The van der Waals surface area contributed by atoms with Gasteiger partial charge in [-0.15, -0.1) is 0 Å². The van der Waals surface area contributed by atoms with Gasteiger partial charge in [-0.3, -0.25) is 0 Å². The lowest BCUT2D eigenvalue weighted by Crippen LogP contribution is -2.32. The molecule has 0 fully saturated rings. The molecule has 1 aliphatic heterocycles. The van der Waals surface area contributed by atoms with E-state index in [1.807, 2.05) is 54.2 Å². The Bertz CT molecular complexity index is 2380. The summed E-state index contributed by atoms with van der Waals surface area (Å²) in [6, 6.07) is 47.0. The van der Waals surface area contributed by atoms with Crippen LogP contribution in [0, 0.1) is 0 Å². The lowest BCUT2D eigenvalue weighted by Gasteiger charge is -2.40. The van der Waals surface area contributed by atoms with Crippen molar-refractivity contribution >= 4 is 28.5 Å². The summed E-state index contributed by atoms with van der Waals surface area (Å²) in [6.07, 6.45) is 12.7. The first-order chi connectivity index (χ1) is 25.6. The van der Waals surface area contributed by atoms with Crippen LogP contribution in [0.3, 0.4) is 0 Å². The highest BCUT2D eigenvalue weighted by molar-refractivity contribution is 7.99. The van der Waals surface area contributed by atoms with E-state index in [4.69, 9.17) is 9.97 Å². The molecule has 1 aromatic heterocycles. The van der Waals surface area contributed by atoms with Crippen molar-refractivity contribution in [3.8, 4) is 22.5 Å². The molecule has 1 aliphatic carbocycles. The zero-order chi connectivity index (χ0) is 35.7. The average molecular weight is 687 g/mol. The summed E-state index contributed by atoms with van der Waals surface area (Å²) in [7, 11) is 0. The third-order valence-corrected chi connectivity index (χ3v) is 11.2. The smallest absolute Gasteiger partial charge is 0.156 e. The van der Waals surface area contributed by atoms with Gasteiger partial charge in [0.25, 0.3) is 0 Å². The number of nitrogens with zero attached hydrogens (tertiary/aromatic N) is 2. The summed E-state index contributed by atoms with van der Waals surface area (Å²) in [4.78, 5) is 12.6. The second kappa shape index (κ2) is 13.9. The maximum Gasteiger partial charge on any atom is 0.156 e. The standard InChI is InChI=1S/C49H38N2S/c1-5-19-38-39(7-3)49(40-25-14-16-28-45(40)52-46-29-17-15-26-41(46)49)42-27-18-24-37(47(38)42)34(6-2)31-30-33(4)48-50-43(35-20-10-8-11-21-35)32-44(51-48)36-22-12-9-13-23-36/h5-32H,2-3H2,1,4H3/b19-5-,33-30+,34-31+. The molecule has 250 valence electrons. The van der Waals surface area contributed by atoms with E-state index in [0.29, 0.717) is 5.82 Å². The molecule has 0 bridgehead atoms. The predicted octanol–water partition coefficient (Wildman–Crippen LogP) is 12.8. The first-order valence-electron chi connectivity index (χ1n) is 17.6. The second-order valence-corrected chi connectivity index (χ2v) is 14.1. The van der Waals surface area contributed by atoms with Gasteiger partial charge in [-0.1, -0.05) is 177 Å². The summed E-state index contributed by atoms with van der Waals surface area (Å²) >= 11 is 1.85. The normalized spacial score (nSPS) is 14.7. The van der Waals surface area contributed by atoms with Crippen molar-refractivity contribution in [3.63, 3.8) is 0 Å². The third-order valence-electron chi connectivity index (χ3n) is 10.0. The van der Waals surface area contributed by atoms with Crippen LogP contribution in [-0.2, 0) is 5.41 Å². The van der Waals surface area contributed by atoms with Gasteiger partial charge in [0.1, 0.15) is 0 Å². The van der Waals surface area contributed by atoms with E-state index in [9.17, 15) is 0 Å². The van der Waals surface area contributed by atoms with E-state index in [-0.39, 0.29) is 0 Å². The molecule has 2 aliphatic rings. The molecule has 3 heteroatoms. The molecule has 8 rings (SSSR count). The topological polar surface area (TPSA) is 25.8 Å². The molecular formula is C49H38N2S. The summed E-state index contributed by atoms with van der Waals surface area (Å²) in [5, 5.41) is 0. The van der Waals surface area contributed by atoms with Crippen molar-refractivity contribution in [2.45, 2.75) is 29.1 Å². The first kappa shape index (κ1) is 33.1. The number of aromatic nitrogens is 2. The van der Waals surface area contributed by atoms with Crippen molar-refractivity contribution in [2.75, 3.05) is 0 Å². The Balaban J connectivity index is 1.31. The fourth-order valence-corrected chi connectivity index (χ4v) is 8.94. The van der Waals surface area contributed by atoms with Crippen molar-refractivity contribution in [2.24, 2.45) is 0 Å². The van der Waals surface area contributed by atoms with Crippen molar-refractivity contribution in [1.29, 1.82) is 0 Å². The lowest BCUT2D eigenvalue weighted by molar-refractivity contribution is 0.716. The maximum atomic E-state index is 5.06. The Morgan fingerprint density at radius 2 is 1.21 bits per heavy atom. The van der Waals surface area contributed by atoms with Gasteiger partial charge in [-0.2, -0.15) is 0 Å². The zero-order valence-electron chi connectivity index (χ0n) is 29.4. The summed E-state index contributed by atoms with van der Waals surface area (Å²) in [5.74, 6) is 0.688. The van der Waals surface area contributed by atoms with Gasteiger partial charge in [-0.05, 0) is 82.2 Å². The third kappa shape index (κ3) is 5.46. The monoisotopic (exact) mass is 686 g/mol. The van der Waals surface area contributed by atoms with E-state index in [0.717, 1.165) is 39.2 Å². The largest absolute Gasteiger partial charge is 0.228 e. The van der Waals surface area contributed by atoms with Crippen LogP contribution in [0.2, 0.25) is 0 Å². The van der Waals surface area contributed by atoms with Crippen LogP contribution in [-0.4, -0.2) is 9.97 Å². The van der Waals surface area contributed by atoms with Gasteiger partial charge in [-0.25, -0.2) is 9.97 Å². The molecule has 6 aromatic rings. The minimum atomic E-state index is -0.502. The van der Waals surface area contributed by atoms with E-state index in [2.05, 4.69) is 154 Å². The maximum absolute atomic E-state index is 5.06. The number of benzene rings is 5. The molecule has 52 heavy (non-hydrogen) atoms. The van der Waals surface area contributed by atoms with Crippen LogP contribution >= 0.6 is 11.8 Å². The highest BCUT2D eigenvalue weighted by Gasteiger charge is 2.50. The molecule has 2 heterocycles. The van der Waals surface area contributed by atoms with Crippen LogP contribution in [0.15, 0.2) is 198 Å². The number of hydrogen-bond acceptors (Lipinski definition) is 3. The lowest BCUT2D eigenvalue weighted by atomic mass is 9.66. The van der Waals surface area contributed by atoms with E-state index in [1.165, 1.54) is 43.2 Å². The van der Waals surface area contributed by atoms with Gasteiger partial charge < -0.3 is 0 Å². The molecular weight excluding hydrogens is 649 g/mol. The minimum Gasteiger partial charge on any atom is -0.228 e. The van der Waals surface area contributed by atoms with E-state index in [1.54, 1.807) is 0 Å². The summed E-state index contributed by atoms with van der Waals surface area (Å²) < 4.78 is 0. The van der Waals surface area contributed by atoms with Gasteiger partial charge >= 0.3 is 0 Å². The van der Waals surface area contributed by atoms with Crippen LogP contribution in [0.1, 0.15) is 47.5 Å². The number of fused-ring (bicyclic) bond motifs is 6. The highest BCUT2D eigenvalue weighted by Crippen LogP contribution is 2.62. The molecule has 0 N–H and O–H groups in total. The molecule has 5 aromatic carbocycles. The Morgan fingerprint density at radius 1 is 0.654 bits per heavy atom. The average Bonchev–Trinajstić information content (AvgIpc) is 3.48. The quantitative estimate of drug-likeness (QED) is 0.149. The van der Waals surface area contributed by atoms with Gasteiger partial charge in [0.2, 0.25) is 0 Å². The van der Waals surface area contributed by atoms with Crippen molar-refractivity contribution < 1.29 is 0 Å². The minimum absolute atomic E-state index is 0.502. The van der Waals surface area contributed by atoms with Crippen LogP contribution in [0.5, 0.6) is 0 Å². The number of hydrogen-bond donors (Lipinski definition) is 0. The zero-order valence-corrected chi connectivity index (χ0v) is 30.2. The fourth-order valence-electron chi connectivity index (χ4n) is 7.75. The molecule has 2 nitrogen and oxygen atoms in total. The SMILES string of the molecule is C=CC1=C(/C=C\C)c2c(/C(C=C)=C/C=C(\C)c3nc(-c4ccccc4)cc(-c4ccccc4)n3)cccc2C12c1ccccc1Sc1ccccc12. The summed E-state index contributed by atoms with van der Waals surface area (Å²) in [5.41, 5.74) is 13.9. The molecule has 0 radical (unpaired) electrons. The van der Waals surface area contributed by atoms with Crippen molar-refractivity contribution in [1.82, 2.24) is 9.97 Å². The highest BCUT2D eigenvalue weighted by atomic mass is 32.2. The van der Waals surface area contributed by atoms with Crippen LogP contribution in [0.25, 0.3) is 39.2 Å². The first-order valence-corrected chi connectivity index (χ1v) is 18.4. The Labute approximate surface area is 311 Å². The molecule has 0 unspecified atom stereocenters. The fraction of sp³-hybridized carbons (Fsp3) is 0.0612. The molecule has 1 spiro atoms. The molecule has 0 saturated carbocycles. The van der Waals surface area contributed by atoms with E-state index >= 15 is 0 Å². The van der Waals surface area contributed by atoms with Gasteiger partial charge in [0, 0.05) is 20.9 Å². The van der Waals surface area contributed by atoms with Crippen LogP contribution < -0.4 is 0 Å². The Morgan fingerprint density at radius 3 is 1.77 bits per heavy atom. The van der Waals surface area contributed by atoms with Crippen molar-refractivity contribution in [3.05, 3.63) is 222 Å². The second-order valence-electron chi connectivity index (χ2n) is 13.0.